The van der Waals surface area contributed by atoms with E-state index in [1.165, 1.54) is 13.8 Å². The molecule has 0 saturated heterocycles. The maximum atomic E-state index is 10.3. The summed E-state index contributed by atoms with van der Waals surface area (Å²) in [5.41, 5.74) is -5.60. The van der Waals surface area contributed by atoms with Gasteiger partial charge in [0.2, 0.25) is 0 Å². The van der Waals surface area contributed by atoms with Gasteiger partial charge in [-0.25, -0.2) is 19.2 Å². The van der Waals surface area contributed by atoms with Crippen molar-refractivity contribution < 1.29 is 159 Å². The molecule has 0 aliphatic heterocycles. The molecule has 0 aliphatic carbocycles. The summed E-state index contributed by atoms with van der Waals surface area (Å²) >= 11 is 0. The van der Waals surface area contributed by atoms with Crippen LogP contribution in [0, 0.1) is 0 Å². The van der Waals surface area contributed by atoms with Gasteiger partial charge in [0.05, 0.1) is 12.8 Å². The van der Waals surface area contributed by atoms with E-state index < -0.39 is 96.8 Å². The van der Waals surface area contributed by atoms with Crippen molar-refractivity contribution in [2.75, 3.05) is 0 Å². The van der Waals surface area contributed by atoms with E-state index in [2.05, 4.69) is 0 Å². The van der Waals surface area contributed by atoms with Crippen molar-refractivity contribution in [3.05, 3.63) is 0 Å². The van der Waals surface area contributed by atoms with Crippen LogP contribution in [0.25, 0.3) is 0 Å². The van der Waals surface area contributed by atoms with Crippen LogP contribution in [0.2, 0.25) is 0 Å². The minimum Gasteiger partial charge on any atom is -0.550 e. The van der Waals surface area contributed by atoms with Crippen molar-refractivity contribution in [3.63, 3.8) is 0 Å². The molecule has 0 heterocycles. The number of rotatable bonds is 12. The molecule has 20 nitrogen and oxygen atoms in total. The fourth-order valence-corrected chi connectivity index (χ4v) is 1.41. The van der Waals surface area contributed by atoms with E-state index in [9.17, 15) is 48.6 Å². The first-order valence-electron chi connectivity index (χ1n) is 9.41. The normalized spacial score (nSPS) is 11.2. The SMILES string of the molecule is CC(O)C(=O)O.CC(O)C(=O)O.O=C(O)CC(O)(CC(=O)O)C(=O)O.O=C([O-])CC(O)(CC(=O)[O-])C(=O)O.[Na+].[Na+]. The predicted octanol–water partition coefficient (Wildman–Crippen LogP) is -12.3. The van der Waals surface area contributed by atoms with Gasteiger partial charge in [-0.05, 0) is 13.8 Å². The Morgan fingerprint density at radius 1 is 0.550 bits per heavy atom. The quantitative estimate of drug-likeness (QED) is 0.0919. The number of hydrogen-bond acceptors (Lipinski definition) is 14. The molecular formula is C18H26Na2O20. The first-order valence-corrected chi connectivity index (χ1v) is 9.41. The second-order valence-corrected chi connectivity index (χ2v) is 6.94. The number of aliphatic hydroxyl groups is 4. The van der Waals surface area contributed by atoms with Crippen molar-refractivity contribution in [3.8, 4) is 0 Å². The molecule has 10 N–H and O–H groups in total. The van der Waals surface area contributed by atoms with Gasteiger partial charge >= 0.3 is 94.9 Å². The zero-order valence-corrected chi connectivity index (χ0v) is 25.5. The molecule has 0 bridgehead atoms. The molecule has 0 amide bonds. The van der Waals surface area contributed by atoms with Crippen LogP contribution in [-0.2, 0) is 38.4 Å². The van der Waals surface area contributed by atoms with E-state index in [-0.39, 0.29) is 59.1 Å². The molecule has 22 heteroatoms. The zero-order chi connectivity index (χ0) is 31.6. The number of carboxylic acids is 8. The molecular weight excluding hydrogens is 582 g/mol. The Hall–Kier alpha value is -2.40. The Morgan fingerprint density at radius 2 is 0.725 bits per heavy atom. The average molecular weight is 608 g/mol. The van der Waals surface area contributed by atoms with Gasteiger partial charge < -0.3 is 70.9 Å². The number of hydrogen-bond donors (Lipinski definition) is 10. The van der Waals surface area contributed by atoms with Crippen LogP contribution in [0.15, 0.2) is 0 Å². The average Bonchev–Trinajstić information content (AvgIpc) is 2.66. The second-order valence-electron chi connectivity index (χ2n) is 6.94. The van der Waals surface area contributed by atoms with E-state index >= 15 is 0 Å². The van der Waals surface area contributed by atoms with Crippen molar-refractivity contribution in [1.82, 2.24) is 0 Å². The van der Waals surface area contributed by atoms with Crippen LogP contribution < -0.4 is 69.3 Å². The number of carbonyl (C=O) groups excluding carboxylic acids is 2. The van der Waals surface area contributed by atoms with Crippen LogP contribution in [0.1, 0.15) is 39.5 Å². The molecule has 2 unspecified atom stereocenters. The van der Waals surface area contributed by atoms with Gasteiger partial charge in [0.15, 0.2) is 11.2 Å². The minimum absolute atomic E-state index is 0. The van der Waals surface area contributed by atoms with E-state index in [1.54, 1.807) is 0 Å². The smallest absolute Gasteiger partial charge is 0.550 e. The fraction of sp³-hybridized carbons (Fsp3) is 0.556. The third-order valence-electron chi connectivity index (χ3n) is 3.27. The van der Waals surface area contributed by atoms with Gasteiger partial charge in [-0.2, -0.15) is 0 Å². The first-order chi connectivity index (χ1) is 16.8. The van der Waals surface area contributed by atoms with Crippen LogP contribution in [0.5, 0.6) is 0 Å². The van der Waals surface area contributed by atoms with Crippen LogP contribution in [0.4, 0.5) is 0 Å². The molecule has 0 spiro atoms. The van der Waals surface area contributed by atoms with Crippen molar-refractivity contribution in [2.24, 2.45) is 0 Å². The maximum Gasteiger partial charge on any atom is 1.00 e. The maximum absolute atomic E-state index is 10.3. The van der Waals surface area contributed by atoms with Crippen LogP contribution in [-0.4, -0.2) is 122 Å². The largest absolute Gasteiger partial charge is 1.00 e. The Morgan fingerprint density at radius 3 is 0.825 bits per heavy atom. The first kappa shape index (κ1) is 50.4. The van der Waals surface area contributed by atoms with Gasteiger partial charge in [0, 0.05) is 24.8 Å². The van der Waals surface area contributed by atoms with Crippen molar-refractivity contribution in [2.45, 2.75) is 62.9 Å². The summed E-state index contributed by atoms with van der Waals surface area (Å²) in [4.78, 5) is 79.5. The molecule has 0 aromatic heterocycles. The molecule has 0 saturated carbocycles. The summed E-state index contributed by atoms with van der Waals surface area (Å²) in [6.45, 7) is 2.39. The van der Waals surface area contributed by atoms with Crippen molar-refractivity contribution in [1.29, 1.82) is 0 Å². The van der Waals surface area contributed by atoms with E-state index in [0.717, 1.165) is 0 Å². The van der Waals surface area contributed by atoms with E-state index in [1.807, 2.05) is 0 Å². The topological polar surface area (TPSA) is 385 Å². The summed E-state index contributed by atoms with van der Waals surface area (Å²) in [6.07, 6.45) is -7.34. The molecule has 40 heavy (non-hydrogen) atoms. The second kappa shape index (κ2) is 24.4. The molecule has 0 radical (unpaired) electrons. The van der Waals surface area contributed by atoms with Gasteiger partial charge in [-0.1, -0.05) is 0 Å². The molecule has 0 aromatic carbocycles. The summed E-state index contributed by atoms with van der Waals surface area (Å²) in [5, 5.41) is 103. The van der Waals surface area contributed by atoms with Gasteiger partial charge in [0.25, 0.3) is 0 Å². The number of aliphatic carboxylic acids is 8. The van der Waals surface area contributed by atoms with Crippen LogP contribution in [0.3, 0.4) is 0 Å². The molecule has 0 aliphatic rings. The third kappa shape index (κ3) is 30.1. The molecule has 0 fully saturated rings. The van der Waals surface area contributed by atoms with Crippen LogP contribution >= 0.6 is 0 Å². The molecule has 0 rings (SSSR count). The molecule has 220 valence electrons. The van der Waals surface area contributed by atoms with Crippen molar-refractivity contribution >= 4 is 47.8 Å². The standard InChI is InChI=1S/2C6H8O7.2C3H6O3.2Na/c2*7-3(8)1-6(13,5(11)12)2-4(9)10;2*1-2(4)3(5)6;;/h2*13H,1-2H2,(H,7,8)(H,9,10)(H,11,12);2*2,4H,1H3,(H,5,6);;/q;;;;2*+1/p-2. The third-order valence-corrected chi connectivity index (χ3v) is 3.27. The van der Waals surface area contributed by atoms with Gasteiger partial charge in [0.1, 0.15) is 12.2 Å². The summed E-state index contributed by atoms with van der Waals surface area (Å²) < 4.78 is 0. The summed E-state index contributed by atoms with van der Waals surface area (Å²) in [5.74, 6) is -13.0. The Bertz CT molecular complexity index is 765. The predicted molar refractivity (Wildman–Crippen MR) is 108 cm³/mol. The number of aliphatic hydroxyl groups excluding tert-OH is 2. The Balaban J connectivity index is -0.000000101. The minimum atomic E-state index is -2.86. The molecule has 2 atom stereocenters. The van der Waals surface area contributed by atoms with E-state index in [4.69, 9.17) is 51.1 Å². The zero-order valence-electron chi connectivity index (χ0n) is 21.5. The Labute approximate surface area is 268 Å². The number of carboxylic acid groups (broad SMARTS) is 8. The van der Waals surface area contributed by atoms with E-state index in [0.29, 0.717) is 0 Å². The summed E-state index contributed by atoms with van der Waals surface area (Å²) in [6, 6.07) is 0. The number of carbonyl (C=O) groups is 8. The fourth-order valence-electron chi connectivity index (χ4n) is 1.41. The Kier molecular flexibility index (Phi) is 30.8. The monoisotopic (exact) mass is 608 g/mol. The summed E-state index contributed by atoms with van der Waals surface area (Å²) in [7, 11) is 0. The molecule has 0 aromatic rings. The van der Waals surface area contributed by atoms with Gasteiger partial charge in [-0.15, -0.1) is 0 Å². The van der Waals surface area contributed by atoms with Gasteiger partial charge in [-0.3, -0.25) is 9.59 Å².